The van der Waals surface area contributed by atoms with Gasteiger partial charge in [0.05, 0.1) is 11.2 Å². The van der Waals surface area contributed by atoms with Gasteiger partial charge in [0.15, 0.2) is 23.8 Å². The van der Waals surface area contributed by atoms with Crippen molar-refractivity contribution < 1.29 is 28.2 Å². The minimum absolute atomic E-state index is 0.0428. The number of ether oxygens (including phenoxy) is 3. The van der Waals surface area contributed by atoms with E-state index >= 15 is 0 Å². The monoisotopic (exact) mass is 431 g/mol. The standard InChI is InChI=1S/C15H15BrFN3O6/c1-6(21)24-4-9-11(16)12(25-7(2)22)15(26-9)20-3-8(17)10-13(20)18-5-19-14(10)23/h3,5,9,11-12,15H,4H2,1-2H3,(H,18,19,23)/t9-,11+,12-,15-/m1/s1. The van der Waals surface area contributed by atoms with Gasteiger partial charge in [-0.3, -0.25) is 19.0 Å². The summed E-state index contributed by atoms with van der Waals surface area (Å²) in [7, 11) is 0. The summed E-state index contributed by atoms with van der Waals surface area (Å²) in [6.45, 7) is 2.40. The molecule has 1 aliphatic rings. The van der Waals surface area contributed by atoms with E-state index in [1.807, 2.05) is 0 Å². The number of carbonyl (C=O) groups excluding carboxylic acids is 2. The van der Waals surface area contributed by atoms with Gasteiger partial charge in [-0.25, -0.2) is 9.37 Å². The number of hydrogen-bond donors (Lipinski definition) is 1. The third-order valence-corrected chi connectivity index (χ3v) is 4.97. The van der Waals surface area contributed by atoms with Crippen LogP contribution in [0.25, 0.3) is 11.0 Å². The van der Waals surface area contributed by atoms with Crippen molar-refractivity contribution in [1.29, 1.82) is 0 Å². The van der Waals surface area contributed by atoms with E-state index in [2.05, 4.69) is 25.9 Å². The summed E-state index contributed by atoms with van der Waals surface area (Å²) >= 11 is 3.38. The van der Waals surface area contributed by atoms with Gasteiger partial charge in [0.1, 0.15) is 18.1 Å². The molecule has 9 nitrogen and oxygen atoms in total. The zero-order chi connectivity index (χ0) is 19.0. The van der Waals surface area contributed by atoms with Gasteiger partial charge in [0.25, 0.3) is 5.56 Å². The van der Waals surface area contributed by atoms with Gasteiger partial charge in [-0.1, -0.05) is 15.9 Å². The first-order valence-corrected chi connectivity index (χ1v) is 8.55. The number of aromatic nitrogens is 3. The molecule has 0 radical (unpaired) electrons. The van der Waals surface area contributed by atoms with E-state index < -0.39 is 46.6 Å². The zero-order valence-electron chi connectivity index (χ0n) is 13.8. The van der Waals surface area contributed by atoms with Gasteiger partial charge in [0.2, 0.25) is 0 Å². The maximum Gasteiger partial charge on any atom is 0.303 e. The molecule has 1 aliphatic heterocycles. The topological polar surface area (TPSA) is 113 Å². The molecule has 11 heteroatoms. The van der Waals surface area contributed by atoms with E-state index in [-0.39, 0.29) is 17.6 Å². The Hall–Kier alpha value is -2.27. The quantitative estimate of drug-likeness (QED) is 0.567. The molecule has 1 fully saturated rings. The molecule has 140 valence electrons. The van der Waals surface area contributed by atoms with Crippen LogP contribution in [0.2, 0.25) is 0 Å². The van der Waals surface area contributed by atoms with E-state index in [0.717, 1.165) is 12.5 Å². The van der Waals surface area contributed by atoms with Gasteiger partial charge >= 0.3 is 11.9 Å². The van der Waals surface area contributed by atoms with Crippen molar-refractivity contribution in [2.24, 2.45) is 0 Å². The number of halogens is 2. The predicted molar refractivity (Wildman–Crippen MR) is 89.1 cm³/mol. The summed E-state index contributed by atoms with van der Waals surface area (Å²) in [5.74, 6) is -1.84. The Labute approximate surface area is 154 Å². The van der Waals surface area contributed by atoms with Crippen LogP contribution in [0, 0.1) is 5.82 Å². The molecule has 0 amide bonds. The molecule has 0 unspecified atom stereocenters. The second kappa shape index (κ2) is 7.16. The third-order valence-electron chi connectivity index (χ3n) is 3.86. The van der Waals surface area contributed by atoms with Crippen molar-refractivity contribution >= 4 is 38.9 Å². The highest BCUT2D eigenvalue weighted by Gasteiger charge is 2.47. The Morgan fingerprint density at radius 1 is 1.42 bits per heavy atom. The van der Waals surface area contributed by atoms with E-state index in [0.29, 0.717) is 0 Å². The molecule has 26 heavy (non-hydrogen) atoms. The summed E-state index contributed by atoms with van der Waals surface area (Å²) in [5, 5.41) is -0.229. The van der Waals surface area contributed by atoms with Crippen LogP contribution in [0.3, 0.4) is 0 Å². The van der Waals surface area contributed by atoms with Crippen molar-refractivity contribution in [3.05, 3.63) is 28.7 Å². The molecule has 1 saturated heterocycles. The Morgan fingerprint density at radius 3 is 2.81 bits per heavy atom. The molecule has 4 atom stereocenters. The Balaban J connectivity index is 2.01. The molecule has 0 saturated carbocycles. The van der Waals surface area contributed by atoms with Crippen LogP contribution in [-0.2, 0) is 23.8 Å². The molecule has 0 aromatic carbocycles. The van der Waals surface area contributed by atoms with Crippen LogP contribution >= 0.6 is 15.9 Å². The van der Waals surface area contributed by atoms with Crippen LogP contribution in [0.4, 0.5) is 4.39 Å². The number of nitrogens with one attached hydrogen (secondary N) is 1. The van der Waals surface area contributed by atoms with Crippen molar-refractivity contribution in [1.82, 2.24) is 14.5 Å². The lowest BCUT2D eigenvalue weighted by Crippen LogP contribution is -2.33. The number of H-pyrrole nitrogens is 1. The van der Waals surface area contributed by atoms with Gasteiger partial charge in [-0.2, -0.15) is 0 Å². The van der Waals surface area contributed by atoms with Gasteiger partial charge in [0, 0.05) is 20.0 Å². The van der Waals surface area contributed by atoms with E-state index in [1.165, 1.54) is 18.4 Å². The molecule has 2 aromatic heterocycles. The predicted octanol–water partition coefficient (Wildman–Crippen LogP) is 1.02. The number of hydrogen-bond acceptors (Lipinski definition) is 7. The molecule has 3 heterocycles. The van der Waals surface area contributed by atoms with Gasteiger partial charge in [-0.15, -0.1) is 0 Å². The summed E-state index contributed by atoms with van der Waals surface area (Å²) < 4.78 is 31.6. The average Bonchev–Trinajstić information content (AvgIpc) is 3.05. The van der Waals surface area contributed by atoms with Crippen molar-refractivity contribution in [2.75, 3.05) is 6.61 Å². The molecule has 2 aromatic rings. The maximum absolute atomic E-state index is 14.2. The normalized spacial score (nSPS) is 25.4. The lowest BCUT2D eigenvalue weighted by atomic mass is 10.2. The fourth-order valence-electron chi connectivity index (χ4n) is 2.81. The number of alkyl halides is 1. The third kappa shape index (κ3) is 3.36. The van der Waals surface area contributed by atoms with Crippen molar-refractivity contribution in [3.63, 3.8) is 0 Å². The van der Waals surface area contributed by atoms with E-state index in [4.69, 9.17) is 14.2 Å². The number of carbonyl (C=O) groups is 2. The second-order valence-corrected chi connectivity index (χ2v) is 6.76. The molecule has 0 aliphatic carbocycles. The fraction of sp³-hybridized carbons (Fsp3) is 0.467. The first-order chi connectivity index (χ1) is 12.3. The smallest absolute Gasteiger partial charge is 0.303 e. The average molecular weight is 432 g/mol. The molecular formula is C15H15BrFN3O6. The first kappa shape index (κ1) is 18.5. The minimum atomic E-state index is -0.967. The highest BCUT2D eigenvalue weighted by Crippen LogP contribution is 2.38. The van der Waals surface area contributed by atoms with Gasteiger partial charge < -0.3 is 19.2 Å². The van der Waals surface area contributed by atoms with E-state index in [1.54, 1.807) is 0 Å². The summed E-state index contributed by atoms with van der Waals surface area (Å²) in [5.41, 5.74) is -0.596. The maximum atomic E-state index is 14.2. The first-order valence-electron chi connectivity index (χ1n) is 7.63. The number of nitrogens with zero attached hydrogens (tertiary/aromatic N) is 2. The number of fused-ring (bicyclic) bond motifs is 1. The Kier molecular flexibility index (Phi) is 5.10. The lowest BCUT2D eigenvalue weighted by Gasteiger charge is -2.21. The number of esters is 2. The van der Waals surface area contributed by atoms with Crippen LogP contribution < -0.4 is 5.56 Å². The van der Waals surface area contributed by atoms with Gasteiger partial charge in [-0.05, 0) is 0 Å². The lowest BCUT2D eigenvalue weighted by molar-refractivity contribution is -0.152. The Bertz CT molecular complexity index is 912. The van der Waals surface area contributed by atoms with Crippen LogP contribution in [0.15, 0.2) is 17.3 Å². The molecule has 0 spiro atoms. The molecule has 3 rings (SSSR count). The minimum Gasteiger partial charge on any atom is -0.463 e. The number of aromatic amines is 1. The molecule has 1 N–H and O–H groups in total. The highest BCUT2D eigenvalue weighted by atomic mass is 79.9. The van der Waals surface area contributed by atoms with Crippen molar-refractivity contribution in [3.8, 4) is 0 Å². The second-order valence-electron chi connectivity index (χ2n) is 5.70. The van der Waals surface area contributed by atoms with Crippen molar-refractivity contribution in [2.45, 2.75) is 37.1 Å². The number of rotatable bonds is 4. The van der Waals surface area contributed by atoms with E-state index in [9.17, 15) is 18.8 Å². The van der Waals surface area contributed by atoms with Crippen LogP contribution in [0.5, 0.6) is 0 Å². The summed E-state index contributed by atoms with van der Waals surface area (Å²) in [6, 6.07) is 0. The largest absolute Gasteiger partial charge is 0.463 e. The fourth-order valence-corrected chi connectivity index (χ4v) is 3.46. The zero-order valence-corrected chi connectivity index (χ0v) is 15.4. The highest BCUT2D eigenvalue weighted by molar-refractivity contribution is 9.09. The van der Waals surface area contributed by atoms with Crippen LogP contribution in [-0.4, -0.2) is 50.1 Å². The summed E-state index contributed by atoms with van der Waals surface area (Å²) in [4.78, 5) is 40.1. The Morgan fingerprint density at radius 2 is 2.15 bits per heavy atom. The summed E-state index contributed by atoms with van der Waals surface area (Å²) in [6.07, 6.45) is -0.287. The van der Waals surface area contributed by atoms with Crippen LogP contribution in [0.1, 0.15) is 20.1 Å². The molecule has 0 bridgehead atoms. The SMILES string of the molecule is CC(=O)OC[C@H]1O[C@@H](n2cc(F)c3c(=O)[nH]cnc32)[C@H](OC(C)=O)[C@H]1Br. The molecular weight excluding hydrogens is 417 g/mol.